The molecule has 0 spiro atoms. The number of nitrogens with two attached hydrogens (primary N) is 1. The Balaban J connectivity index is 1.97. The molecule has 1 heterocycles. The molecule has 0 aliphatic carbocycles. The summed E-state index contributed by atoms with van der Waals surface area (Å²) in [5.74, 6) is 1.32. The third-order valence-electron chi connectivity index (χ3n) is 4.03. The Morgan fingerprint density at radius 1 is 1.00 bits per heavy atom. The largest absolute Gasteiger partial charge is 0.393 e. The highest BCUT2D eigenvalue weighted by atomic mass is 15.2. The first kappa shape index (κ1) is 16.8. The van der Waals surface area contributed by atoms with Gasteiger partial charge in [0.1, 0.15) is 12.0 Å². The van der Waals surface area contributed by atoms with Gasteiger partial charge in [-0.05, 0) is 56.2 Å². The number of aromatic nitrogens is 2. The molecule has 3 rings (SSSR count). The van der Waals surface area contributed by atoms with Crippen molar-refractivity contribution in [2.24, 2.45) is 0 Å². The number of nitrogen functional groups attached to an aromatic ring is 1. The predicted octanol–water partition coefficient (Wildman–Crippen LogP) is 4.58. The first-order chi connectivity index (χ1) is 12.1. The third kappa shape index (κ3) is 3.71. The van der Waals surface area contributed by atoms with Crippen molar-refractivity contribution < 1.29 is 0 Å². The SMILES string of the molecule is CCN(c1cccc(C)c1)c1ncnc(Nc2cccc(C)c2)c1N. The van der Waals surface area contributed by atoms with E-state index in [0.717, 1.165) is 17.9 Å². The number of aryl methyl sites for hydroxylation is 2. The fourth-order valence-corrected chi connectivity index (χ4v) is 2.81. The molecule has 0 saturated heterocycles. The molecule has 3 aromatic rings. The maximum Gasteiger partial charge on any atom is 0.161 e. The molecule has 5 nitrogen and oxygen atoms in total. The molecular weight excluding hydrogens is 310 g/mol. The molecule has 5 heteroatoms. The lowest BCUT2D eigenvalue weighted by atomic mass is 10.2. The normalized spacial score (nSPS) is 10.5. The van der Waals surface area contributed by atoms with Crippen molar-refractivity contribution in [3.8, 4) is 0 Å². The minimum Gasteiger partial charge on any atom is -0.393 e. The molecule has 0 atom stereocenters. The molecule has 2 aromatic carbocycles. The van der Waals surface area contributed by atoms with Crippen LogP contribution in [0.4, 0.5) is 28.7 Å². The maximum atomic E-state index is 6.39. The quantitative estimate of drug-likeness (QED) is 0.715. The van der Waals surface area contributed by atoms with Gasteiger partial charge >= 0.3 is 0 Å². The Bertz CT molecular complexity index is 875. The molecule has 0 unspecified atom stereocenters. The zero-order chi connectivity index (χ0) is 17.8. The average Bonchev–Trinajstić information content (AvgIpc) is 2.59. The van der Waals surface area contributed by atoms with E-state index in [9.17, 15) is 0 Å². The van der Waals surface area contributed by atoms with Gasteiger partial charge < -0.3 is 16.0 Å². The summed E-state index contributed by atoms with van der Waals surface area (Å²) in [5, 5.41) is 3.29. The number of anilines is 5. The van der Waals surface area contributed by atoms with Crippen LogP contribution in [0.5, 0.6) is 0 Å². The van der Waals surface area contributed by atoms with Crippen LogP contribution in [0.1, 0.15) is 18.1 Å². The number of nitrogens with zero attached hydrogens (tertiary/aromatic N) is 3. The zero-order valence-electron chi connectivity index (χ0n) is 14.8. The fraction of sp³-hybridized carbons (Fsp3) is 0.200. The first-order valence-corrected chi connectivity index (χ1v) is 8.37. The van der Waals surface area contributed by atoms with Gasteiger partial charge in [-0.2, -0.15) is 0 Å². The van der Waals surface area contributed by atoms with Crippen molar-refractivity contribution in [2.45, 2.75) is 20.8 Å². The molecule has 0 amide bonds. The van der Waals surface area contributed by atoms with Gasteiger partial charge in [0.15, 0.2) is 11.6 Å². The fourth-order valence-electron chi connectivity index (χ4n) is 2.81. The van der Waals surface area contributed by atoms with Gasteiger partial charge in [-0.25, -0.2) is 9.97 Å². The summed E-state index contributed by atoms with van der Waals surface area (Å²) in [5.41, 5.74) is 11.3. The molecule has 0 saturated carbocycles. The molecular formula is C20H23N5. The second-order valence-corrected chi connectivity index (χ2v) is 6.04. The summed E-state index contributed by atoms with van der Waals surface area (Å²) in [4.78, 5) is 10.8. The van der Waals surface area contributed by atoms with Crippen LogP contribution >= 0.6 is 0 Å². The second-order valence-electron chi connectivity index (χ2n) is 6.04. The highest BCUT2D eigenvalue weighted by Crippen LogP contribution is 2.33. The zero-order valence-corrected chi connectivity index (χ0v) is 14.8. The Labute approximate surface area is 148 Å². The van der Waals surface area contributed by atoms with Crippen LogP contribution in [0.15, 0.2) is 54.9 Å². The van der Waals surface area contributed by atoms with Crippen LogP contribution in [0, 0.1) is 13.8 Å². The van der Waals surface area contributed by atoms with Crippen LogP contribution < -0.4 is 16.0 Å². The molecule has 25 heavy (non-hydrogen) atoms. The Morgan fingerprint density at radius 2 is 1.72 bits per heavy atom. The van der Waals surface area contributed by atoms with Gasteiger partial charge in [0.25, 0.3) is 0 Å². The van der Waals surface area contributed by atoms with Crippen LogP contribution in [0.3, 0.4) is 0 Å². The minimum absolute atomic E-state index is 0.535. The van der Waals surface area contributed by atoms with Crippen molar-refractivity contribution in [1.82, 2.24) is 9.97 Å². The minimum atomic E-state index is 0.535. The van der Waals surface area contributed by atoms with Gasteiger partial charge in [-0.1, -0.05) is 24.3 Å². The second kappa shape index (κ2) is 7.21. The lowest BCUT2D eigenvalue weighted by molar-refractivity contribution is 0.979. The topological polar surface area (TPSA) is 67.1 Å². The first-order valence-electron chi connectivity index (χ1n) is 8.37. The number of hydrogen-bond donors (Lipinski definition) is 2. The van der Waals surface area contributed by atoms with Gasteiger partial charge in [-0.3, -0.25) is 0 Å². The number of benzene rings is 2. The molecule has 0 bridgehead atoms. The summed E-state index contributed by atoms with van der Waals surface area (Å²) in [6.07, 6.45) is 1.54. The van der Waals surface area contributed by atoms with E-state index in [0.29, 0.717) is 17.3 Å². The van der Waals surface area contributed by atoms with E-state index in [4.69, 9.17) is 5.73 Å². The average molecular weight is 333 g/mol. The summed E-state index contributed by atoms with van der Waals surface area (Å²) in [6, 6.07) is 16.4. The smallest absolute Gasteiger partial charge is 0.161 e. The third-order valence-corrected chi connectivity index (χ3v) is 4.03. The predicted molar refractivity (Wildman–Crippen MR) is 105 cm³/mol. The van der Waals surface area contributed by atoms with Crippen LogP contribution in [0.25, 0.3) is 0 Å². The Morgan fingerprint density at radius 3 is 2.40 bits per heavy atom. The summed E-state index contributed by atoms with van der Waals surface area (Å²) >= 11 is 0. The summed E-state index contributed by atoms with van der Waals surface area (Å²) in [7, 11) is 0. The standard InChI is InChI=1S/C20H23N5/c1-4-25(17-10-6-8-15(3)12-17)20-18(21)19(22-13-23-20)24-16-9-5-7-14(2)11-16/h5-13H,4,21H2,1-3H3,(H,22,23,24). The highest BCUT2D eigenvalue weighted by Gasteiger charge is 2.16. The van der Waals surface area contributed by atoms with E-state index in [-0.39, 0.29) is 0 Å². The summed E-state index contributed by atoms with van der Waals surface area (Å²) < 4.78 is 0. The lowest BCUT2D eigenvalue weighted by Crippen LogP contribution is -2.20. The highest BCUT2D eigenvalue weighted by molar-refractivity contribution is 5.81. The van der Waals surface area contributed by atoms with Crippen LogP contribution in [-0.4, -0.2) is 16.5 Å². The van der Waals surface area contributed by atoms with Crippen molar-refractivity contribution in [3.05, 3.63) is 66.0 Å². The van der Waals surface area contributed by atoms with Crippen LogP contribution in [-0.2, 0) is 0 Å². The van der Waals surface area contributed by atoms with E-state index < -0.39 is 0 Å². The van der Waals surface area contributed by atoms with Gasteiger partial charge in [0.2, 0.25) is 0 Å². The molecule has 0 aliphatic rings. The van der Waals surface area contributed by atoms with Gasteiger partial charge in [0.05, 0.1) is 0 Å². The van der Waals surface area contributed by atoms with Crippen molar-refractivity contribution in [2.75, 3.05) is 22.5 Å². The summed E-state index contributed by atoms with van der Waals surface area (Å²) in [6.45, 7) is 6.97. The maximum absolute atomic E-state index is 6.39. The van der Waals surface area contributed by atoms with Crippen LogP contribution in [0.2, 0.25) is 0 Å². The number of rotatable bonds is 5. The van der Waals surface area contributed by atoms with Crippen molar-refractivity contribution >= 4 is 28.7 Å². The van der Waals surface area contributed by atoms with Gasteiger partial charge in [0, 0.05) is 17.9 Å². The monoisotopic (exact) mass is 333 g/mol. The molecule has 0 aliphatic heterocycles. The number of nitrogens with one attached hydrogen (secondary N) is 1. The van der Waals surface area contributed by atoms with E-state index >= 15 is 0 Å². The van der Waals surface area contributed by atoms with Crippen molar-refractivity contribution in [1.29, 1.82) is 0 Å². The lowest BCUT2D eigenvalue weighted by Gasteiger charge is -2.24. The molecule has 0 fully saturated rings. The van der Waals surface area contributed by atoms with Gasteiger partial charge in [-0.15, -0.1) is 0 Å². The van der Waals surface area contributed by atoms with E-state index in [2.05, 4.69) is 71.3 Å². The van der Waals surface area contributed by atoms with Crippen molar-refractivity contribution in [3.63, 3.8) is 0 Å². The molecule has 1 aromatic heterocycles. The van der Waals surface area contributed by atoms with E-state index in [1.807, 2.05) is 18.2 Å². The Hall–Kier alpha value is -3.08. The van der Waals surface area contributed by atoms with E-state index in [1.165, 1.54) is 11.1 Å². The molecule has 3 N–H and O–H groups in total. The number of hydrogen-bond acceptors (Lipinski definition) is 5. The molecule has 128 valence electrons. The Kier molecular flexibility index (Phi) is 4.84. The van der Waals surface area contributed by atoms with E-state index in [1.54, 1.807) is 6.33 Å². The molecule has 0 radical (unpaired) electrons.